The highest BCUT2D eigenvalue weighted by molar-refractivity contribution is 6.10. The molecule has 2 bridgehead atoms. The van der Waals surface area contributed by atoms with E-state index in [0.29, 0.717) is 13.1 Å². The molecular weight excluding hydrogens is 504 g/mol. The average Bonchev–Trinajstić information content (AvgIpc) is 3.65. The Bertz CT molecular complexity index is 1840. The number of Topliss-reactive ketones (excluding diaryl/α,β-unsaturated/α-hetero) is 1. The maximum atomic E-state index is 15.5. The third-order valence-corrected chi connectivity index (χ3v) is 11.5. The number of piperidine rings is 1. The van der Waals surface area contributed by atoms with Crippen LogP contribution in [0.4, 0.5) is 0 Å². The van der Waals surface area contributed by atoms with Crippen LogP contribution in [0.25, 0.3) is 16.8 Å². The van der Waals surface area contributed by atoms with E-state index < -0.39 is 16.7 Å². The minimum absolute atomic E-state index is 0.0136. The Morgan fingerprint density at radius 2 is 1.61 bits per heavy atom. The molecule has 0 saturated carbocycles. The Labute approximate surface area is 240 Å². The summed E-state index contributed by atoms with van der Waals surface area (Å²) in [5.74, 6) is 0.209. The second-order valence-corrected chi connectivity index (χ2v) is 13.0. The number of rotatable bonds is 2. The maximum Gasteiger partial charge on any atom is 0.170 e. The molecule has 4 nitrogen and oxygen atoms in total. The highest BCUT2D eigenvalue weighted by Crippen LogP contribution is 2.78. The number of benzene rings is 4. The van der Waals surface area contributed by atoms with Crippen molar-refractivity contribution in [3.05, 3.63) is 124 Å². The first kappa shape index (κ1) is 24.1. The number of aliphatic hydroxyl groups is 1. The van der Waals surface area contributed by atoms with E-state index in [1.807, 2.05) is 12.1 Å². The van der Waals surface area contributed by atoms with E-state index in [4.69, 9.17) is 0 Å². The maximum absolute atomic E-state index is 15.5. The van der Waals surface area contributed by atoms with Gasteiger partial charge >= 0.3 is 0 Å². The first-order chi connectivity index (χ1) is 19.9. The summed E-state index contributed by atoms with van der Waals surface area (Å²) in [5, 5.41) is 15.8. The molecule has 4 heterocycles. The van der Waals surface area contributed by atoms with E-state index in [9.17, 15) is 5.11 Å². The van der Waals surface area contributed by atoms with Gasteiger partial charge in [-0.3, -0.25) is 14.6 Å². The molecule has 1 N–H and O–H groups in total. The molecule has 204 valence electrons. The van der Waals surface area contributed by atoms with Crippen LogP contribution in [0.5, 0.6) is 0 Å². The highest BCUT2D eigenvalue weighted by atomic mass is 16.3. The van der Waals surface area contributed by atoms with Gasteiger partial charge in [0, 0.05) is 36.2 Å². The lowest BCUT2D eigenvalue weighted by molar-refractivity contribution is -0.173. The lowest BCUT2D eigenvalue weighted by Crippen LogP contribution is -2.61. The van der Waals surface area contributed by atoms with Gasteiger partial charge in [0.05, 0.1) is 5.41 Å². The molecular formula is C37H34N2O2. The fourth-order valence-electron chi connectivity index (χ4n) is 10.2. The molecule has 41 heavy (non-hydrogen) atoms. The molecule has 1 unspecified atom stereocenters. The molecule has 4 saturated heterocycles. The van der Waals surface area contributed by atoms with Crippen molar-refractivity contribution in [1.82, 2.24) is 9.80 Å². The van der Waals surface area contributed by atoms with E-state index in [-0.39, 0.29) is 17.7 Å². The Morgan fingerprint density at radius 1 is 0.878 bits per heavy atom. The molecule has 0 radical (unpaired) electrons. The van der Waals surface area contributed by atoms with Crippen molar-refractivity contribution >= 4 is 22.6 Å². The predicted octanol–water partition coefficient (Wildman–Crippen LogP) is 6.04. The van der Waals surface area contributed by atoms with Crippen molar-refractivity contribution in [2.75, 3.05) is 19.6 Å². The number of ketones is 1. The lowest BCUT2D eigenvalue weighted by atomic mass is 9.56. The highest BCUT2D eigenvalue weighted by Gasteiger charge is 2.87. The first-order valence-corrected chi connectivity index (χ1v) is 15.1. The monoisotopic (exact) mass is 538 g/mol. The molecule has 4 heteroatoms. The van der Waals surface area contributed by atoms with Crippen LogP contribution in [0, 0.1) is 19.3 Å². The van der Waals surface area contributed by atoms with Crippen LogP contribution >= 0.6 is 0 Å². The first-order valence-electron chi connectivity index (χ1n) is 15.1. The molecule has 4 aromatic rings. The summed E-state index contributed by atoms with van der Waals surface area (Å²) >= 11 is 0. The van der Waals surface area contributed by atoms with E-state index >= 15 is 4.79 Å². The molecule has 4 aromatic carbocycles. The van der Waals surface area contributed by atoms with Gasteiger partial charge in [-0.1, -0.05) is 84.9 Å². The molecule has 2 spiro atoms. The van der Waals surface area contributed by atoms with Gasteiger partial charge in [0.1, 0.15) is 5.54 Å². The summed E-state index contributed by atoms with van der Waals surface area (Å²) in [4.78, 5) is 20.4. The Kier molecular flexibility index (Phi) is 4.60. The number of hydrogen-bond donors (Lipinski definition) is 1. The van der Waals surface area contributed by atoms with E-state index in [2.05, 4.69) is 103 Å². The van der Waals surface area contributed by atoms with Crippen molar-refractivity contribution in [3.8, 4) is 0 Å². The zero-order valence-corrected chi connectivity index (χ0v) is 23.6. The molecule has 0 aromatic heterocycles. The van der Waals surface area contributed by atoms with Crippen LogP contribution in [-0.4, -0.2) is 46.4 Å². The van der Waals surface area contributed by atoms with Crippen molar-refractivity contribution in [2.45, 2.75) is 49.9 Å². The zero-order chi connectivity index (χ0) is 27.7. The molecule has 9 rings (SSSR count). The van der Waals surface area contributed by atoms with Crippen LogP contribution in [0.3, 0.4) is 0 Å². The van der Waals surface area contributed by atoms with Gasteiger partial charge in [0.25, 0.3) is 0 Å². The van der Waals surface area contributed by atoms with Crippen LogP contribution < -0.4 is 0 Å². The third-order valence-electron chi connectivity index (χ3n) is 11.5. The summed E-state index contributed by atoms with van der Waals surface area (Å²) < 4.78 is 0. The van der Waals surface area contributed by atoms with Gasteiger partial charge in [-0.25, -0.2) is 0 Å². The smallest absolute Gasteiger partial charge is 0.170 e. The zero-order valence-electron chi connectivity index (χ0n) is 23.6. The Hall–Kier alpha value is -3.57. The number of carbonyl (C=O) groups excluding carboxylic acids is 1. The number of hydrogen-bond acceptors (Lipinski definition) is 4. The molecule has 0 amide bonds. The van der Waals surface area contributed by atoms with E-state index in [0.717, 1.165) is 58.0 Å². The molecule has 5 aliphatic rings. The molecule has 4 aliphatic heterocycles. The SMILES string of the molecule is Cc1ccccc1/C=C1\CN2C[C@]3(C1=O)[C@@H](c1ccccc1C)[C@@H]1CCCN1[C@@]31c3cccc4cccc(c34)[C@@]21O. The minimum Gasteiger partial charge on any atom is -0.369 e. The van der Waals surface area contributed by atoms with Crippen LogP contribution in [0.1, 0.15) is 52.1 Å². The van der Waals surface area contributed by atoms with Gasteiger partial charge in [0.15, 0.2) is 11.5 Å². The van der Waals surface area contributed by atoms with Crippen molar-refractivity contribution in [2.24, 2.45) is 5.41 Å². The normalized spacial score (nSPS) is 35.7. The fourth-order valence-corrected chi connectivity index (χ4v) is 10.2. The summed E-state index contributed by atoms with van der Waals surface area (Å²) in [6, 6.07) is 30.0. The lowest BCUT2D eigenvalue weighted by Gasteiger charge is -2.48. The Morgan fingerprint density at radius 3 is 2.39 bits per heavy atom. The number of fused-ring (bicyclic) bond motifs is 4. The van der Waals surface area contributed by atoms with Gasteiger partial charge in [-0.05, 0) is 77.9 Å². The van der Waals surface area contributed by atoms with Crippen LogP contribution in [0.2, 0.25) is 0 Å². The number of aryl methyl sites for hydroxylation is 2. The largest absolute Gasteiger partial charge is 0.369 e. The summed E-state index contributed by atoms with van der Waals surface area (Å²) in [6.07, 6.45) is 4.23. The number of carbonyl (C=O) groups is 1. The van der Waals surface area contributed by atoms with Crippen LogP contribution in [0.15, 0.2) is 90.5 Å². The summed E-state index contributed by atoms with van der Waals surface area (Å²) in [5.41, 5.74) is 4.68. The quantitative estimate of drug-likeness (QED) is 0.316. The topological polar surface area (TPSA) is 43.8 Å². The van der Waals surface area contributed by atoms with Crippen molar-refractivity contribution < 1.29 is 9.90 Å². The van der Waals surface area contributed by atoms with E-state index in [1.54, 1.807) is 0 Å². The summed E-state index contributed by atoms with van der Waals surface area (Å²) in [6.45, 7) is 6.19. The molecule has 4 fully saturated rings. The van der Waals surface area contributed by atoms with Gasteiger partial charge < -0.3 is 5.11 Å². The Balaban J connectivity index is 1.41. The molecule has 6 atom stereocenters. The predicted molar refractivity (Wildman–Crippen MR) is 161 cm³/mol. The van der Waals surface area contributed by atoms with Crippen LogP contribution in [-0.2, 0) is 16.1 Å². The van der Waals surface area contributed by atoms with E-state index in [1.165, 1.54) is 11.1 Å². The van der Waals surface area contributed by atoms with Gasteiger partial charge in [-0.15, -0.1) is 0 Å². The minimum atomic E-state index is -1.30. The van der Waals surface area contributed by atoms with Crippen molar-refractivity contribution in [3.63, 3.8) is 0 Å². The third kappa shape index (κ3) is 2.50. The summed E-state index contributed by atoms with van der Waals surface area (Å²) in [7, 11) is 0. The van der Waals surface area contributed by atoms with Gasteiger partial charge in [0.2, 0.25) is 0 Å². The second kappa shape index (κ2) is 7.83. The number of nitrogens with zero attached hydrogens (tertiary/aromatic N) is 2. The average molecular weight is 539 g/mol. The van der Waals surface area contributed by atoms with Gasteiger partial charge in [-0.2, -0.15) is 0 Å². The molecule has 1 aliphatic carbocycles. The standard InChI is InChI=1S/C37H34N2O2/c1-23-10-3-5-12-26(23)20-27-21-38-22-35(34(27)40)33(28-15-6-4-11-24(28)2)31-18-9-19-39(31)36(35)29-16-7-13-25-14-8-17-30(32(25)29)37(36,38)41/h3-8,10-17,20,31,33,41H,9,18-19,21-22H2,1-2H3/b27-20+/t31-,33-,35+,36-,37-/m0/s1. The fraction of sp³-hybridized carbons (Fsp3) is 0.324. The van der Waals surface area contributed by atoms with Crippen molar-refractivity contribution in [1.29, 1.82) is 0 Å². The second-order valence-electron chi connectivity index (χ2n) is 13.0.